The van der Waals surface area contributed by atoms with Gasteiger partial charge in [-0.2, -0.15) is 5.10 Å². The molecule has 0 fully saturated rings. The van der Waals surface area contributed by atoms with Crippen LogP contribution in [0.1, 0.15) is 12.7 Å². The van der Waals surface area contributed by atoms with E-state index in [1.807, 2.05) is 25.1 Å². The summed E-state index contributed by atoms with van der Waals surface area (Å²) >= 11 is 0. The molecule has 2 heterocycles. The van der Waals surface area contributed by atoms with Crippen LogP contribution < -0.4 is 4.90 Å². The van der Waals surface area contributed by atoms with E-state index in [1.165, 1.54) is 14.2 Å². The second-order valence-electron chi connectivity index (χ2n) is 5.73. The Hall–Kier alpha value is -3.20. The van der Waals surface area contributed by atoms with Crippen LogP contribution in [0.2, 0.25) is 0 Å². The predicted molar refractivity (Wildman–Crippen MR) is 95.6 cm³/mol. The normalized spacial score (nSPS) is 14.3. The molecule has 1 N–H and O–H groups in total. The van der Waals surface area contributed by atoms with E-state index in [2.05, 4.69) is 15.2 Å². The number of nitrogens with zero attached hydrogens (tertiary/aromatic N) is 3. The van der Waals surface area contributed by atoms with E-state index >= 15 is 0 Å². The van der Waals surface area contributed by atoms with Gasteiger partial charge in [0.1, 0.15) is 18.3 Å². The van der Waals surface area contributed by atoms with Crippen molar-refractivity contribution in [1.82, 2.24) is 15.2 Å². The van der Waals surface area contributed by atoms with Crippen molar-refractivity contribution in [2.75, 3.05) is 32.5 Å². The molecular weight excluding hydrogens is 352 g/mol. The maximum Gasteiger partial charge on any atom is 0.355 e. The number of aryl methyl sites for hydroxylation is 1. The van der Waals surface area contributed by atoms with Crippen molar-refractivity contribution in [2.24, 2.45) is 0 Å². The van der Waals surface area contributed by atoms with E-state index < -0.39 is 11.9 Å². The fraction of sp³-hybridized carbons (Fsp3) is 0.333. The van der Waals surface area contributed by atoms with E-state index in [1.54, 1.807) is 11.0 Å². The summed E-state index contributed by atoms with van der Waals surface area (Å²) in [5.41, 5.74) is 1.60. The number of ether oxygens (including phenoxy) is 3. The average Bonchev–Trinajstić information content (AvgIpc) is 3.21. The number of anilines is 1. The van der Waals surface area contributed by atoms with Gasteiger partial charge in [0.05, 0.1) is 26.4 Å². The molecule has 3 rings (SSSR count). The Morgan fingerprint density at radius 2 is 2.04 bits per heavy atom. The number of hydrogen-bond donors (Lipinski definition) is 1. The Balaban J connectivity index is 2.04. The van der Waals surface area contributed by atoms with E-state index in [9.17, 15) is 9.59 Å². The number of methoxy groups -OCH3 is 2. The van der Waals surface area contributed by atoms with Gasteiger partial charge >= 0.3 is 11.9 Å². The van der Waals surface area contributed by atoms with Crippen molar-refractivity contribution in [3.63, 3.8) is 0 Å². The molecular formula is C18H20N4O5. The summed E-state index contributed by atoms with van der Waals surface area (Å²) in [6.45, 7) is 2.03. The lowest BCUT2D eigenvalue weighted by atomic mass is 10.1. The Kier molecular flexibility index (Phi) is 5.51. The Morgan fingerprint density at radius 3 is 2.70 bits per heavy atom. The van der Waals surface area contributed by atoms with Crippen LogP contribution in [0.3, 0.4) is 0 Å². The van der Waals surface area contributed by atoms with Crippen molar-refractivity contribution < 1.29 is 23.8 Å². The lowest BCUT2D eigenvalue weighted by Crippen LogP contribution is -2.38. The highest BCUT2D eigenvalue weighted by Crippen LogP contribution is 2.29. The van der Waals surface area contributed by atoms with Crippen molar-refractivity contribution in [3.8, 4) is 11.4 Å². The molecule has 1 aromatic carbocycles. The third kappa shape index (κ3) is 3.68. The standard InChI is InChI=1S/C18H20N4O5/c1-4-14-19-16(21-20-14)11-6-5-7-12(8-11)22-10-27-9-13(17(23)25-2)15(22)18(24)26-3/h5-8H,4,9-10H2,1-3H3,(H,19,20,21). The number of benzene rings is 1. The molecule has 0 saturated carbocycles. The van der Waals surface area contributed by atoms with Crippen LogP contribution in [0.15, 0.2) is 35.5 Å². The number of carbonyl (C=O) groups excluding carboxylic acids is 2. The number of H-pyrrole nitrogens is 1. The molecule has 2 aromatic rings. The molecule has 0 spiro atoms. The first-order valence-electron chi connectivity index (χ1n) is 8.35. The summed E-state index contributed by atoms with van der Waals surface area (Å²) in [7, 11) is 2.51. The molecule has 142 valence electrons. The molecule has 9 heteroatoms. The highest BCUT2D eigenvalue weighted by Gasteiger charge is 2.32. The van der Waals surface area contributed by atoms with Gasteiger partial charge in [-0.25, -0.2) is 14.6 Å². The lowest BCUT2D eigenvalue weighted by molar-refractivity contribution is -0.140. The highest BCUT2D eigenvalue weighted by atomic mass is 16.5. The van der Waals surface area contributed by atoms with Gasteiger partial charge in [0.15, 0.2) is 5.82 Å². The number of aromatic nitrogens is 3. The van der Waals surface area contributed by atoms with Crippen LogP contribution in [0, 0.1) is 0 Å². The summed E-state index contributed by atoms with van der Waals surface area (Å²) in [5.74, 6) is 0.0383. The first-order chi connectivity index (χ1) is 13.1. The van der Waals surface area contributed by atoms with Crippen LogP contribution in [-0.4, -0.2) is 54.7 Å². The smallest absolute Gasteiger partial charge is 0.355 e. The zero-order valence-electron chi connectivity index (χ0n) is 15.3. The minimum atomic E-state index is -0.643. The van der Waals surface area contributed by atoms with Crippen LogP contribution in [-0.2, 0) is 30.2 Å². The van der Waals surface area contributed by atoms with E-state index in [-0.39, 0.29) is 24.6 Å². The van der Waals surface area contributed by atoms with Gasteiger partial charge in [0.2, 0.25) is 0 Å². The topological polar surface area (TPSA) is 107 Å². The zero-order chi connectivity index (χ0) is 19.4. The summed E-state index contributed by atoms with van der Waals surface area (Å²) < 4.78 is 15.1. The van der Waals surface area contributed by atoms with Crippen molar-refractivity contribution in [3.05, 3.63) is 41.4 Å². The Morgan fingerprint density at radius 1 is 1.26 bits per heavy atom. The van der Waals surface area contributed by atoms with Crippen molar-refractivity contribution in [1.29, 1.82) is 0 Å². The minimum Gasteiger partial charge on any atom is -0.466 e. The van der Waals surface area contributed by atoms with Crippen molar-refractivity contribution >= 4 is 17.6 Å². The summed E-state index contributed by atoms with van der Waals surface area (Å²) in [6.07, 6.45) is 0.740. The Labute approximate surface area is 155 Å². The number of nitrogens with one attached hydrogen (secondary N) is 1. The van der Waals surface area contributed by atoms with Gasteiger partial charge in [-0.15, -0.1) is 0 Å². The van der Waals surface area contributed by atoms with E-state index in [4.69, 9.17) is 14.2 Å². The summed E-state index contributed by atoms with van der Waals surface area (Å²) in [5, 5.41) is 7.08. The van der Waals surface area contributed by atoms with Gasteiger partial charge < -0.3 is 19.1 Å². The second kappa shape index (κ2) is 8.00. The maximum absolute atomic E-state index is 12.4. The van der Waals surface area contributed by atoms with Crippen LogP contribution in [0.25, 0.3) is 11.4 Å². The molecule has 1 aromatic heterocycles. The molecule has 0 atom stereocenters. The molecule has 1 aliphatic rings. The molecule has 27 heavy (non-hydrogen) atoms. The summed E-state index contributed by atoms with van der Waals surface area (Å²) in [4.78, 5) is 30.4. The number of esters is 2. The van der Waals surface area contributed by atoms with Gasteiger partial charge in [-0.3, -0.25) is 5.10 Å². The van der Waals surface area contributed by atoms with Crippen LogP contribution in [0.4, 0.5) is 5.69 Å². The molecule has 0 saturated heterocycles. The van der Waals surface area contributed by atoms with E-state index in [0.717, 1.165) is 17.8 Å². The van der Waals surface area contributed by atoms with Crippen molar-refractivity contribution in [2.45, 2.75) is 13.3 Å². The predicted octanol–water partition coefficient (Wildman–Crippen LogP) is 1.43. The molecule has 0 amide bonds. The van der Waals surface area contributed by atoms with Crippen LogP contribution in [0.5, 0.6) is 0 Å². The molecule has 0 aliphatic carbocycles. The maximum atomic E-state index is 12.4. The number of aromatic amines is 1. The van der Waals surface area contributed by atoms with Gasteiger partial charge in [0.25, 0.3) is 0 Å². The molecule has 0 radical (unpaired) electrons. The molecule has 0 unspecified atom stereocenters. The van der Waals surface area contributed by atoms with Gasteiger partial charge in [-0.1, -0.05) is 19.1 Å². The first kappa shape index (κ1) is 18.6. The SMILES string of the molecule is CCc1nc(-c2cccc(N3COCC(C(=O)OC)=C3C(=O)OC)c2)n[nH]1. The third-order valence-corrected chi connectivity index (χ3v) is 4.12. The van der Waals surface area contributed by atoms with Gasteiger partial charge in [0, 0.05) is 17.7 Å². The van der Waals surface area contributed by atoms with Crippen LogP contribution >= 0.6 is 0 Å². The zero-order valence-corrected chi connectivity index (χ0v) is 15.3. The summed E-state index contributed by atoms with van der Waals surface area (Å²) in [6, 6.07) is 7.28. The number of rotatable bonds is 5. The molecule has 1 aliphatic heterocycles. The Bertz CT molecular complexity index is 889. The minimum absolute atomic E-state index is 0.0337. The largest absolute Gasteiger partial charge is 0.466 e. The fourth-order valence-electron chi connectivity index (χ4n) is 2.74. The molecule has 0 bridgehead atoms. The monoisotopic (exact) mass is 372 g/mol. The highest BCUT2D eigenvalue weighted by molar-refractivity contribution is 6.03. The van der Waals surface area contributed by atoms with E-state index in [0.29, 0.717) is 11.5 Å². The fourth-order valence-corrected chi connectivity index (χ4v) is 2.74. The molecule has 9 nitrogen and oxygen atoms in total. The third-order valence-electron chi connectivity index (χ3n) is 4.12. The number of carbonyl (C=O) groups is 2. The number of hydrogen-bond acceptors (Lipinski definition) is 8. The lowest BCUT2D eigenvalue weighted by Gasteiger charge is -2.31. The average molecular weight is 372 g/mol. The van der Waals surface area contributed by atoms with Gasteiger partial charge in [-0.05, 0) is 12.1 Å². The first-order valence-corrected chi connectivity index (χ1v) is 8.35. The second-order valence-corrected chi connectivity index (χ2v) is 5.73. The quantitative estimate of drug-likeness (QED) is 0.786.